The molecule has 0 saturated heterocycles. The van der Waals surface area contributed by atoms with Crippen molar-refractivity contribution >= 4 is 38.9 Å². The van der Waals surface area contributed by atoms with E-state index in [-0.39, 0.29) is 17.2 Å². The van der Waals surface area contributed by atoms with Gasteiger partial charge in [0, 0.05) is 22.2 Å². The number of nitrogens with zero attached hydrogens (tertiary/aromatic N) is 2. The van der Waals surface area contributed by atoms with Crippen LogP contribution < -0.4 is 10.9 Å². The second-order valence-electron chi connectivity index (χ2n) is 8.78. The highest BCUT2D eigenvalue weighted by Crippen LogP contribution is 2.33. The number of Topliss-reactive ketones (excluding diaryl/α,β-unsaturated/α-hetero) is 1. The first-order chi connectivity index (χ1) is 16.4. The van der Waals surface area contributed by atoms with E-state index in [4.69, 9.17) is 0 Å². The fourth-order valence-electron chi connectivity index (χ4n) is 4.50. The summed E-state index contributed by atoms with van der Waals surface area (Å²) in [7, 11) is 0. The first-order valence-electron chi connectivity index (χ1n) is 11.4. The molecule has 1 amide bonds. The Bertz CT molecular complexity index is 1470. The van der Waals surface area contributed by atoms with E-state index in [9.17, 15) is 14.4 Å². The smallest absolute Gasteiger partial charge is 0.263 e. The predicted molar refractivity (Wildman–Crippen MR) is 136 cm³/mol. The molecule has 34 heavy (non-hydrogen) atoms. The second kappa shape index (κ2) is 8.99. The third-order valence-corrected chi connectivity index (χ3v) is 7.42. The van der Waals surface area contributed by atoms with Gasteiger partial charge in [-0.05, 0) is 80.5 Å². The molecule has 1 unspecified atom stereocenters. The van der Waals surface area contributed by atoms with Crippen LogP contribution in [0.2, 0.25) is 0 Å². The van der Waals surface area contributed by atoms with Crippen molar-refractivity contribution in [2.75, 3.05) is 5.32 Å². The Kier molecular flexibility index (Phi) is 5.87. The summed E-state index contributed by atoms with van der Waals surface area (Å²) in [4.78, 5) is 43.0. The molecule has 5 rings (SSSR count). The number of aromatic nitrogens is 2. The lowest BCUT2D eigenvalue weighted by Crippen LogP contribution is -2.31. The third kappa shape index (κ3) is 4.07. The molecule has 0 saturated carbocycles. The molecule has 4 aromatic rings. The van der Waals surface area contributed by atoms with E-state index in [0.29, 0.717) is 21.5 Å². The van der Waals surface area contributed by atoms with Gasteiger partial charge in [-0.25, -0.2) is 4.98 Å². The lowest BCUT2D eigenvalue weighted by atomic mass is 9.89. The monoisotopic (exact) mass is 471 g/mol. The number of carbonyl (C=O) groups excluding carboxylic acids is 2. The lowest BCUT2D eigenvalue weighted by Gasteiger charge is -2.17. The quantitative estimate of drug-likeness (QED) is 0.395. The van der Waals surface area contributed by atoms with E-state index < -0.39 is 6.04 Å². The number of thiophene rings is 1. The Hall–Kier alpha value is -3.58. The molecule has 1 aliphatic rings. The number of aryl methyl sites for hydroxylation is 2. The summed E-state index contributed by atoms with van der Waals surface area (Å²) in [6.45, 7) is 3.17. The van der Waals surface area contributed by atoms with Crippen molar-refractivity contribution in [2.45, 2.75) is 45.6 Å². The van der Waals surface area contributed by atoms with Crippen LogP contribution in [0.3, 0.4) is 0 Å². The number of hydrogen-bond donors (Lipinski definition) is 1. The Morgan fingerprint density at radius 1 is 1.06 bits per heavy atom. The molecule has 1 N–H and O–H groups in total. The van der Waals surface area contributed by atoms with Crippen molar-refractivity contribution in [1.82, 2.24) is 9.55 Å². The van der Waals surface area contributed by atoms with Gasteiger partial charge in [0.15, 0.2) is 5.78 Å². The SMILES string of the molecule is CC(=O)c1ccc(NC(=O)C(C)n2cnc3scc(-c4ccc5c(c4)CCCC5)c3c2=O)cc1. The summed E-state index contributed by atoms with van der Waals surface area (Å²) in [5.74, 6) is -0.368. The molecule has 0 aliphatic heterocycles. The van der Waals surface area contributed by atoms with Gasteiger partial charge in [0.1, 0.15) is 10.9 Å². The van der Waals surface area contributed by atoms with E-state index >= 15 is 0 Å². The van der Waals surface area contributed by atoms with Crippen molar-refractivity contribution in [3.63, 3.8) is 0 Å². The van der Waals surface area contributed by atoms with Gasteiger partial charge in [-0.2, -0.15) is 0 Å². The van der Waals surface area contributed by atoms with Gasteiger partial charge in [0.2, 0.25) is 5.91 Å². The molecular weight excluding hydrogens is 446 g/mol. The molecule has 2 aromatic heterocycles. The molecule has 1 aliphatic carbocycles. The summed E-state index contributed by atoms with van der Waals surface area (Å²) < 4.78 is 1.39. The summed E-state index contributed by atoms with van der Waals surface area (Å²) in [5, 5.41) is 5.35. The summed E-state index contributed by atoms with van der Waals surface area (Å²) in [6.07, 6.45) is 6.04. The molecule has 172 valence electrons. The topological polar surface area (TPSA) is 81.1 Å². The van der Waals surface area contributed by atoms with Crippen LogP contribution in [0.5, 0.6) is 0 Å². The molecule has 0 fully saturated rings. The van der Waals surface area contributed by atoms with Gasteiger partial charge in [-0.15, -0.1) is 11.3 Å². The molecule has 6 nitrogen and oxygen atoms in total. The Morgan fingerprint density at radius 3 is 2.53 bits per heavy atom. The number of amides is 1. The first kappa shape index (κ1) is 22.2. The molecule has 2 aromatic carbocycles. The van der Waals surface area contributed by atoms with Gasteiger partial charge in [0.05, 0.1) is 11.7 Å². The maximum absolute atomic E-state index is 13.5. The zero-order chi connectivity index (χ0) is 23.8. The standard InChI is InChI=1S/C27H25N3O3S/c1-16(25(32)29-22-11-9-18(10-12-22)17(2)31)30-15-28-26-24(27(30)33)23(14-34-26)21-8-7-19-5-3-4-6-20(19)13-21/h7-16H,3-6H2,1-2H3,(H,29,32). The second-order valence-corrected chi connectivity index (χ2v) is 9.63. The van der Waals surface area contributed by atoms with E-state index in [0.717, 1.165) is 24.0 Å². The van der Waals surface area contributed by atoms with Gasteiger partial charge in [0.25, 0.3) is 5.56 Å². The van der Waals surface area contributed by atoms with Crippen molar-refractivity contribution < 1.29 is 9.59 Å². The largest absolute Gasteiger partial charge is 0.324 e. The number of carbonyl (C=O) groups is 2. The highest BCUT2D eigenvalue weighted by Gasteiger charge is 2.21. The van der Waals surface area contributed by atoms with Crippen LogP contribution in [-0.2, 0) is 17.6 Å². The highest BCUT2D eigenvalue weighted by atomic mass is 32.1. The minimum atomic E-state index is -0.756. The summed E-state index contributed by atoms with van der Waals surface area (Å²) in [6, 6.07) is 12.4. The van der Waals surface area contributed by atoms with Crippen LogP contribution in [-0.4, -0.2) is 21.2 Å². The van der Waals surface area contributed by atoms with Gasteiger partial charge in [-0.3, -0.25) is 19.0 Å². The predicted octanol–water partition coefficient (Wildman–Crippen LogP) is 5.41. The Balaban J connectivity index is 1.46. The summed E-state index contributed by atoms with van der Waals surface area (Å²) >= 11 is 1.44. The van der Waals surface area contributed by atoms with Crippen LogP contribution in [0.1, 0.15) is 54.2 Å². The van der Waals surface area contributed by atoms with Gasteiger partial charge < -0.3 is 5.32 Å². The fraction of sp³-hybridized carbons (Fsp3) is 0.259. The zero-order valence-electron chi connectivity index (χ0n) is 19.1. The van der Waals surface area contributed by atoms with Gasteiger partial charge >= 0.3 is 0 Å². The number of benzene rings is 2. The molecule has 0 spiro atoms. The van der Waals surface area contributed by atoms with Crippen molar-refractivity contribution in [2.24, 2.45) is 0 Å². The minimum Gasteiger partial charge on any atom is -0.324 e. The van der Waals surface area contributed by atoms with E-state index in [1.54, 1.807) is 31.2 Å². The van der Waals surface area contributed by atoms with Gasteiger partial charge in [-0.1, -0.05) is 18.2 Å². The van der Waals surface area contributed by atoms with Crippen molar-refractivity contribution in [3.8, 4) is 11.1 Å². The first-order valence-corrected chi connectivity index (χ1v) is 12.3. The molecule has 1 atom stereocenters. The van der Waals surface area contributed by atoms with E-state index in [1.165, 1.54) is 53.1 Å². The third-order valence-electron chi connectivity index (χ3n) is 6.53. The van der Waals surface area contributed by atoms with Crippen LogP contribution >= 0.6 is 11.3 Å². The average Bonchev–Trinajstić information content (AvgIpc) is 3.29. The molecule has 2 heterocycles. The normalized spacial score (nSPS) is 13.9. The van der Waals surface area contributed by atoms with Crippen molar-refractivity contribution in [3.05, 3.63) is 81.2 Å². The Labute approximate surface area is 201 Å². The van der Waals surface area contributed by atoms with E-state index in [1.807, 2.05) is 5.38 Å². The lowest BCUT2D eigenvalue weighted by molar-refractivity contribution is -0.118. The number of anilines is 1. The number of rotatable bonds is 5. The average molecular weight is 472 g/mol. The van der Waals surface area contributed by atoms with Crippen molar-refractivity contribution in [1.29, 1.82) is 0 Å². The van der Waals surface area contributed by atoms with Crippen LogP contribution in [0, 0.1) is 0 Å². The Morgan fingerprint density at radius 2 is 1.79 bits per heavy atom. The number of hydrogen-bond acceptors (Lipinski definition) is 5. The maximum atomic E-state index is 13.5. The molecular formula is C27H25N3O3S. The zero-order valence-corrected chi connectivity index (χ0v) is 19.9. The van der Waals surface area contributed by atoms with Crippen LogP contribution in [0.25, 0.3) is 21.3 Å². The van der Waals surface area contributed by atoms with Crippen LogP contribution in [0.15, 0.2) is 59.0 Å². The molecule has 0 bridgehead atoms. The van der Waals surface area contributed by atoms with E-state index in [2.05, 4.69) is 28.5 Å². The summed E-state index contributed by atoms with van der Waals surface area (Å²) in [5.41, 5.74) is 5.55. The maximum Gasteiger partial charge on any atom is 0.263 e. The molecule has 0 radical (unpaired) electrons. The molecule has 7 heteroatoms. The number of fused-ring (bicyclic) bond motifs is 2. The highest BCUT2D eigenvalue weighted by molar-refractivity contribution is 7.17. The fourth-order valence-corrected chi connectivity index (χ4v) is 5.40. The minimum absolute atomic E-state index is 0.0392. The van der Waals surface area contributed by atoms with Crippen LogP contribution in [0.4, 0.5) is 5.69 Å². The number of ketones is 1. The number of nitrogens with one attached hydrogen (secondary N) is 1.